The maximum atomic E-state index is 12.5. The lowest BCUT2D eigenvalue weighted by Crippen LogP contribution is -2.28. The highest BCUT2D eigenvalue weighted by Gasteiger charge is 2.20. The summed E-state index contributed by atoms with van der Waals surface area (Å²) in [5.41, 5.74) is 0.215. The molecule has 1 heterocycles. The highest BCUT2D eigenvalue weighted by molar-refractivity contribution is 6.04. The molecule has 0 radical (unpaired) electrons. The van der Waals surface area contributed by atoms with E-state index in [1.165, 1.54) is 4.68 Å². The minimum atomic E-state index is -0.736. The molecule has 26 heavy (non-hydrogen) atoms. The number of benzene rings is 2. The molecular formula is C20H18N2O4. The van der Waals surface area contributed by atoms with Crippen LogP contribution in [0.5, 0.6) is 0 Å². The standard InChI is InChI=1S/C20H18N2O4/c1-13(2)22-19(24)16-11-7-6-10-15(16)18(21-22)20(25)26-12-17(23)14-8-4-3-5-9-14/h3-11,13H,12H2,1-2H3. The second-order valence-corrected chi connectivity index (χ2v) is 6.10. The van der Waals surface area contributed by atoms with Gasteiger partial charge in [-0.2, -0.15) is 5.10 Å². The Hall–Kier alpha value is -3.28. The number of nitrogens with zero attached hydrogens (tertiary/aromatic N) is 2. The molecule has 0 aliphatic heterocycles. The van der Waals surface area contributed by atoms with Gasteiger partial charge in [-0.15, -0.1) is 0 Å². The van der Waals surface area contributed by atoms with Gasteiger partial charge in [0.05, 0.1) is 11.4 Å². The van der Waals surface area contributed by atoms with Crippen LogP contribution >= 0.6 is 0 Å². The Morgan fingerprint density at radius 3 is 2.27 bits per heavy atom. The van der Waals surface area contributed by atoms with Gasteiger partial charge in [0.25, 0.3) is 5.56 Å². The van der Waals surface area contributed by atoms with Crippen molar-refractivity contribution in [1.82, 2.24) is 9.78 Å². The summed E-state index contributed by atoms with van der Waals surface area (Å²) >= 11 is 0. The molecule has 6 nitrogen and oxygen atoms in total. The smallest absolute Gasteiger partial charge is 0.359 e. The molecule has 0 saturated carbocycles. The minimum Gasteiger partial charge on any atom is -0.452 e. The van der Waals surface area contributed by atoms with Crippen LogP contribution in [-0.2, 0) is 4.74 Å². The van der Waals surface area contributed by atoms with Crippen LogP contribution in [0.15, 0.2) is 59.4 Å². The first-order valence-electron chi connectivity index (χ1n) is 8.26. The average molecular weight is 350 g/mol. The van der Waals surface area contributed by atoms with Crippen LogP contribution in [0.25, 0.3) is 10.8 Å². The Kier molecular flexibility index (Phi) is 4.93. The normalized spacial score (nSPS) is 10.9. The largest absolute Gasteiger partial charge is 0.452 e. The number of carbonyl (C=O) groups excluding carboxylic acids is 2. The first kappa shape index (κ1) is 17.5. The second-order valence-electron chi connectivity index (χ2n) is 6.10. The monoisotopic (exact) mass is 350 g/mol. The lowest BCUT2D eigenvalue weighted by atomic mass is 10.1. The number of fused-ring (bicyclic) bond motifs is 1. The van der Waals surface area contributed by atoms with Gasteiger partial charge in [-0.05, 0) is 19.9 Å². The zero-order valence-corrected chi connectivity index (χ0v) is 14.5. The van der Waals surface area contributed by atoms with E-state index in [-0.39, 0.29) is 29.7 Å². The van der Waals surface area contributed by atoms with E-state index in [9.17, 15) is 14.4 Å². The summed E-state index contributed by atoms with van der Waals surface area (Å²) in [5.74, 6) is -1.04. The summed E-state index contributed by atoms with van der Waals surface area (Å²) in [7, 11) is 0. The van der Waals surface area contributed by atoms with Gasteiger partial charge in [0.15, 0.2) is 18.1 Å². The van der Waals surface area contributed by atoms with Crippen LogP contribution in [-0.4, -0.2) is 28.1 Å². The molecule has 0 atom stereocenters. The Morgan fingerprint density at radius 1 is 1.00 bits per heavy atom. The van der Waals surface area contributed by atoms with Gasteiger partial charge in [0.1, 0.15) is 0 Å². The second kappa shape index (κ2) is 7.31. The fourth-order valence-electron chi connectivity index (χ4n) is 2.61. The molecule has 0 bridgehead atoms. The summed E-state index contributed by atoms with van der Waals surface area (Å²) in [4.78, 5) is 37.1. The van der Waals surface area contributed by atoms with Crippen molar-refractivity contribution in [3.05, 3.63) is 76.2 Å². The maximum absolute atomic E-state index is 12.5. The van der Waals surface area contributed by atoms with Crippen molar-refractivity contribution in [2.75, 3.05) is 6.61 Å². The molecule has 3 aromatic rings. The number of Topliss-reactive ketones (excluding diaryl/α,β-unsaturated/α-hetero) is 1. The van der Waals surface area contributed by atoms with E-state index in [0.717, 1.165) is 0 Å². The van der Waals surface area contributed by atoms with Crippen LogP contribution in [0, 0.1) is 0 Å². The van der Waals surface area contributed by atoms with Crippen LogP contribution in [0.3, 0.4) is 0 Å². The van der Waals surface area contributed by atoms with Crippen molar-refractivity contribution in [2.45, 2.75) is 19.9 Å². The third-order valence-electron chi connectivity index (χ3n) is 3.94. The molecule has 2 aromatic carbocycles. The lowest BCUT2D eigenvalue weighted by molar-refractivity contribution is 0.0468. The minimum absolute atomic E-state index is 0.0229. The lowest BCUT2D eigenvalue weighted by Gasteiger charge is -2.13. The van der Waals surface area contributed by atoms with Crippen molar-refractivity contribution in [3.8, 4) is 0 Å². The molecular weight excluding hydrogens is 332 g/mol. The molecule has 0 unspecified atom stereocenters. The maximum Gasteiger partial charge on any atom is 0.359 e. The van der Waals surface area contributed by atoms with E-state index >= 15 is 0 Å². The van der Waals surface area contributed by atoms with Crippen molar-refractivity contribution in [2.24, 2.45) is 0 Å². The quantitative estimate of drug-likeness (QED) is 0.522. The van der Waals surface area contributed by atoms with Gasteiger partial charge in [-0.1, -0.05) is 48.5 Å². The molecule has 0 N–H and O–H groups in total. The Labute approximate surface area is 150 Å². The molecule has 0 spiro atoms. The molecule has 6 heteroatoms. The van der Waals surface area contributed by atoms with Gasteiger partial charge in [-0.3, -0.25) is 9.59 Å². The number of ether oxygens (including phenoxy) is 1. The third-order valence-corrected chi connectivity index (χ3v) is 3.94. The summed E-state index contributed by atoms with van der Waals surface area (Å²) in [6.45, 7) is 3.22. The number of aromatic nitrogens is 2. The first-order valence-corrected chi connectivity index (χ1v) is 8.26. The van der Waals surface area contributed by atoms with Gasteiger partial charge >= 0.3 is 5.97 Å². The fraction of sp³-hybridized carbons (Fsp3) is 0.200. The Morgan fingerprint density at radius 2 is 1.62 bits per heavy atom. The number of esters is 1. The highest BCUT2D eigenvalue weighted by Crippen LogP contribution is 2.16. The number of hydrogen-bond donors (Lipinski definition) is 0. The third kappa shape index (κ3) is 3.39. The van der Waals surface area contributed by atoms with E-state index in [2.05, 4.69) is 5.10 Å². The number of carbonyl (C=O) groups is 2. The highest BCUT2D eigenvalue weighted by atomic mass is 16.5. The van der Waals surface area contributed by atoms with Crippen LogP contribution in [0.2, 0.25) is 0 Å². The van der Waals surface area contributed by atoms with E-state index in [4.69, 9.17) is 4.74 Å². The SMILES string of the molecule is CC(C)n1nc(C(=O)OCC(=O)c2ccccc2)c2ccccc2c1=O. The molecule has 132 valence electrons. The number of ketones is 1. The molecule has 0 aliphatic rings. The van der Waals surface area contributed by atoms with E-state index < -0.39 is 5.97 Å². The van der Waals surface area contributed by atoms with Gasteiger partial charge in [0, 0.05) is 10.9 Å². The summed E-state index contributed by atoms with van der Waals surface area (Å²) in [5, 5.41) is 4.96. The first-order chi connectivity index (χ1) is 12.5. The Balaban J connectivity index is 1.92. The van der Waals surface area contributed by atoms with Gasteiger partial charge in [0.2, 0.25) is 0 Å². The zero-order chi connectivity index (χ0) is 18.7. The Bertz CT molecular complexity index is 1020. The van der Waals surface area contributed by atoms with Gasteiger partial charge in [-0.25, -0.2) is 9.48 Å². The number of rotatable bonds is 5. The van der Waals surface area contributed by atoms with Crippen molar-refractivity contribution < 1.29 is 14.3 Å². The summed E-state index contributed by atoms with van der Waals surface area (Å²) < 4.78 is 6.41. The van der Waals surface area contributed by atoms with E-state index in [1.54, 1.807) is 68.4 Å². The molecule has 0 aliphatic carbocycles. The fourth-order valence-corrected chi connectivity index (χ4v) is 2.61. The molecule has 0 saturated heterocycles. The predicted octanol–water partition coefficient (Wildman–Crippen LogP) is 3.02. The topological polar surface area (TPSA) is 78.3 Å². The summed E-state index contributed by atoms with van der Waals surface area (Å²) in [6, 6.07) is 15.1. The van der Waals surface area contributed by atoms with Crippen LogP contribution < -0.4 is 5.56 Å². The van der Waals surface area contributed by atoms with Gasteiger partial charge < -0.3 is 4.74 Å². The van der Waals surface area contributed by atoms with E-state index in [1.807, 2.05) is 0 Å². The number of hydrogen-bond acceptors (Lipinski definition) is 5. The molecule has 1 aromatic heterocycles. The predicted molar refractivity (Wildman–Crippen MR) is 97.4 cm³/mol. The summed E-state index contributed by atoms with van der Waals surface area (Å²) in [6.07, 6.45) is 0. The van der Waals surface area contributed by atoms with Crippen LogP contribution in [0.4, 0.5) is 0 Å². The molecule has 3 rings (SSSR count). The van der Waals surface area contributed by atoms with Crippen molar-refractivity contribution >= 4 is 22.5 Å². The molecule has 0 amide bonds. The van der Waals surface area contributed by atoms with E-state index in [0.29, 0.717) is 16.3 Å². The zero-order valence-electron chi connectivity index (χ0n) is 14.5. The average Bonchev–Trinajstić information content (AvgIpc) is 2.66. The van der Waals surface area contributed by atoms with Crippen LogP contribution in [0.1, 0.15) is 40.7 Å². The molecule has 0 fully saturated rings. The van der Waals surface area contributed by atoms with Crippen molar-refractivity contribution in [1.29, 1.82) is 0 Å². The van der Waals surface area contributed by atoms with Crippen molar-refractivity contribution in [3.63, 3.8) is 0 Å².